The van der Waals surface area contributed by atoms with Crippen LogP contribution < -0.4 is 10.5 Å². The minimum Gasteiger partial charge on any atom is -0.453 e. The van der Waals surface area contributed by atoms with Crippen molar-refractivity contribution in [3.63, 3.8) is 0 Å². The van der Waals surface area contributed by atoms with E-state index in [2.05, 4.69) is 36.0 Å². The molecule has 35 heavy (non-hydrogen) atoms. The zero-order valence-corrected chi connectivity index (χ0v) is 19.9. The summed E-state index contributed by atoms with van der Waals surface area (Å²) < 4.78 is 7.42. The monoisotopic (exact) mass is 462 g/mol. The second kappa shape index (κ2) is 8.55. The smallest absolute Gasteiger partial charge is 0.282 e. The second-order valence-corrected chi connectivity index (χ2v) is 9.08. The van der Waals surface area contributed by atoms with Crippen molar-refractivity contribution < 1.29 is 4.42 Å². The van der Waals surface area contributed by atoms with Crippen LogP contribution in [0.3, 0.4) is 0 Å². The fraction of sp³-hybridized carbons (Fsp3) is 0.207. The first-order chi connectivity index (χ1) is 17.1. The van der Waals surface area contributed by atoms with Gasteiger partial charge in [0.25, 0.3) is 5.56 Å². The predicted octanol–water partition coefficient (Wildman–Crippen LogP) is 5.91. The summed E-state index contributed by atoms with van der Waals surface area (Å²) in [7, 11) is 0. The Morgan fingerprint density at radius 1 is 0.943 bits per heavy atom. The number of para-hydroxylation sites is 2. The van der Waals surface area contributed by atoms with Crippen molar-refractivity contribution in [3.05, 3.63) is 93.8 Å². The van der Waals surface area contributed by atoms with E-state index in [9.17, 15) is 4.79 Å². The maximum atomic E-state index is 13.5. The van der Waals surface area contributed by atoms with Crippen molar-refractivity contribution in [3.8, 4) is 11.6 Å². The standard InChI is InChI=1S/C29H26N4O2/c1-19-20(2)25(32-15-7-8-16-32)14-13-22(19)18-30-33-28(27-17-21-9-3-6-12-26(21)35-27)31-24-11-5-4-10-23(24)29(33)34/h3-6,9-14,17-18H,7-8,15-16H2,1-2H3. The molecular formula is C29H26N4O2. The molecule has 6 heteroatoms. The Hall–Kier alpha value is -4.19. The van der Waals surface area contributed by atoms with Crippen LogP contribution in [0.1, 0.15) is 29.5 Å². The Morgan fingerprint density at radius 3 is 2.54 bits per heavy atom. The molecule has 3 heterocycles. The number of furan rings is 1. The lowest BCUT2D eigenvalue weighted by Crippen LogP contribution is -2.20. The van der Waals surface area contributed by atoms with Gasteiger partial charge in [0.05, 0.1) is 17.1 Å². The fourth-order valence-corrected chi connectivity index (χ4v) is 4.87. The molecule has 0 spiro atoms. The van der Waals surface area contributed by atoms with Crippen molar-refractivity contribution >= 4 is 33.8 Å². The molecule has 1 aliphatic heterocycles. The van der Waals surface area contributed by atoms with Crippen LogP contribution in [-0.4, -0.2) is 29.0 Å². The highest BCUT2D eigenvalue weighted by Gasteiger charge is 2.18. The van der Waals surface area contributed by atoms with Crippen LogP contribution in [0.4, 0.5) is 5.69 Å². The first-order valence-electron chi connectivity index (χ1n) is 12.0. The largest absolute Gasteiger partial charge is 0.453 e. The minimum atomic E-state index is -0.231. The third-order valence-electron chi connectivity index (χ3n) is 6.96. The molecule has 0 N–H and O–H groups in total. The number of fused-ring (bicyclic) bond motifs is 2. The Labute approximate surface area is 203 Å². The summed E-state index contributed by atoms with van der Waals surface area (Å²) in [4.78, 5) is 20.7. The summed E-state index contributed by atoms with van der Waals surface area (Å²) in [6, 6.07) is 21.2. The van der Waals surface area contributed by atoms with Crippen molar-refractivity contribution in [2.75, 3.05) is 18.0 Å². The van der Waals surface area contributed by atoms with E-state index in [0.717, 1.165) is 35.2 Å². The van der Waals surface area contributed by atoms with Crippen molar-refractivity contribution in [1.29, 1.82) is 0 Å². The molecule has 6 nitrogen and oxygen atoms in total. The molecule has 0 unspecified atom stereocenters. The predicted molar refractivity (Wildman–Crippen MR) is 142 cm³/mol. The number of rotatable bonds is 4. The molecule has 0 bridgehead atoms. The summed E-state index contributed by atoms with van der Waals surface area (Å²) in [6.07, 6.45) is 4.23. The summed E-state index contributed by atoms with van der Waals surface area (Å²) in [5.41, 5.74) is 5.78. The van der Waals surface area contributed by atoms with E-state index in [-0.39, 0.29) is 5.56 Å². The van der Waals surface area contributed by atoms with E-state index in [1.54, 1.807) is 12.3 Å². The van der Waals surface area contributed by atoms with Gasteiger partial charge in [-0.15, -0.1) is 0 Å². The molecule has 3 aromatic carbocycles. The molecule has 0 saturated carbocycles. The molecule has 6 rings (SSSR count). The zero-order valence-electron chi connectivity index (χ0n) is 19.9. The molecule has 0 aliphatic carbocycles. The minimum absolute atomic E-state index is 0.231. The average Bonchev–Trinajstić information content (AvgIpc) is 3.56. The maximum Gasteiger partial charge on any atom is 0.282 e. The van der Waals surface area contributed by atoms with Gasteiger partial charge in [0, 0.05) is 24.2 Å². The van der Waals surface area contributed by atoms with Crippen LogP contribution in [0, 0.1) is 13.8 Å². The van der Waals surface area contributed by atoms with Gasteiger partial charge in [-0.3, -0.25) is 4.79 Å². The summed E-state index contributed by atoms with van der Waals surface area (Å²) in [5.74, 6) is 0.882. The maximum absolute atomic E-state index is 13.5. The Morgan fingerprint density at radius 2 is 1.71 bits per heavy atom. The molecule has 1 saturated heterocycles. The Kier molecular flexibility index (Phi) is 5.21. The van der Waals surface area contributed by atoms with Gasteiger partial charge in [-0.25, -0.2) is 4.98 Å². The second-order valence-electron chi connectivity index (χ2n) is 9.08. The van der Waals surface area contributed by atoms with E-state index in [1.165, 1.54) is 28.8 Å². The average molecular weight is 463 g/mol. The molecule has 1 aliphatic rings. The van der Waals surface area contributed by atoms with Crippen LogP contribution in [0.2, 0.25) is 0 Å². The van der Waals surface area contributed by atoms with Crippen LogP contribution in [0.5, 0.6) is 0 Å². The molecule has 0 radical (unpaired) electrons. The Balaban J connectivity index is 1.49. The number of nitrogens with zero attached hydrogens (tertiary/aromatic N) is 4. The highest BCUT2D eigenvalue weighted by Crippen LogP contribution is 2.29. The van der Waals surface area contributed by atoms with Gasteiger partial charge in [0.15, 0.2) is 5.76 Å². The third-order valence-corrected chi connectivity index (χ3v) is 6.96. The van der Waals surface area contributed by atoms with Crippen LogP contribution in [0.15, 0.2) is 81.0 Å². The lowest BCUT2D eigenvalue weighted by Gasteiger charge is -2.22. The van der Waals surface area contributed by atoms with E-state index in [0.29, 0.717) is 22.5 Å². The van der Waals surface area contributed by atoms with Gasteiger partial charge in [-0.2, -0.15) is 9.78 Å². The van der Waals surface area contributed by atoms with Gasteiger partial charge in [0.1, 0.15) is 5.58 Å². The molecule has 5 aromatic rings. The highest BCUT2D eigenvalue weighted by molar-refractivity contribution is 5.86. The van der Waals surface area contributed by atoms with Gasteiger partial charge >= 0.3 is 0 Å². The van der Waals surface area contributed by atoms with Crippen LogP contribution in [-0.2, 0) is 0 Å². The first-order valence-corrected chi connectivity index (χ1v) is 12.0. The van der Waals surface area contributed by atoms with Crippen molar-refractivity contribution in [1.82, 2.24) is 9.66 Å². The quantitative estimate of drug-likeness (QED) is 0.312. The SMILES string of the molecule is Cc1c(C=Nn2c(-c3cc4ccccc4o3)nc3ccccc3c2=O)ccc(N2CCCC2)c1C. The van der Waals surface area contributed by atoms with Gasteiger partial charge in [-0.05, 0) is 73.7 Å². The zero-order chi connectivity index (χ0) is 23.9. The lowest BCUT2D eigenvalue weighted by molar-refractivity contribution is 0.616. The fourth-order valence-electron chi connectivity index (χ4n) is 4.87. The molecule has 0 amide bonds. The topological polar surface area (TPSA) is 63.6 Å². The number of hydrogen-bond acceptors (Lipinski definition) is 5. The van der Waals surface area contributed by atoms with Gasteiger partial charge in [-0.1, -0.05) is 36.4 Å². The molecule has 174 valence electrons. The molecule has 2 aromatic heterocycles. The van der Waals surface area contributed by atoms with Crippen LogP contribution >= 0.6 is 0 Å². The summed E-state index contributed by atoms with van der Waals surface area (Å²) in [6.45, 7) is 6.47. The van der Waals surface area contributed by atoms with E-state index >= 15 is 0 Å². The van der Waals surface area contributed by atoms with E-state index < -0.39 is 0 Å². The molecular weight excluding hydrogens is 436 g/mol. The summed E-state index contributed by atoms with van der Waals surface area (Å²) in [5, 5.41) is 6.11. The van der Waals surface area contributed by atoms with Crippen LogP contribution in [0.25, 0.3) is 33.5 Å². The number of anilines is 1. The van der Waals surface area contributed by atoms with Gasteiger partial charge < -0.3 is 9.32 Å². The third kappa shape index (κ3) is 3.71. The Bertz CT molecular complexity index is 1620. The van der Waals surface area contributed by atoms with E-state index in [4.69, 9.17) is 9.40 Å². The molecule has 0 atom stereocenters. The number of benzene rings is 3. The summed E-state index contributed by atoms with van der Waals surface area (Å²) >= 11 is 0. The number of aromatic nitrogens is 2. The van der Waals surface area contributed by atoms with Gasteiger partial charge in [0.2, 0.25) is 5.82 Å². The van der Waals surface area contributed by atoms with E-state index in [1.807, 2.05) is 48.5 Å². The number of hydrogen-bond donors (Lipinski definition) is 0. The normalized spacial score (nSPS) is 14.1. The molecule has 1 fully saturated rings. The lowest BCUT2D eigenvalue weighted by atomic mass is 10.0. The van der Waals surface area contributed by atoms with Crippen molar-refractivity contribution in [2.45, 2.75) is 26.7 Å². The first kappa shape index (κ1) is 21.4. The highest BCUT2D eigenvalue weighted by atomic mass is 16.3. The van der Waals surface area contributed by atoms with Crippen molar-refractivity contribution in [2.24, 2.45) is 5.10 Å².